The summed E-state index contributed by atoms with van der Waals surface area (Å²) >= 11 is 1.77. The number of hydrogen-bond donors (Lipinski definition) is 0. The second kappa shape index (κ2) is 6.36. The van der Waals surface area contributed by atoms with Crippen LogP contribution in [0.1, 0.15) is 36.5 Å². The van der Waals surface area contributed by atoms with Crippen molar-refractivity contribution in [2.24, 2.45) is 0 Å². The molecule has 5 rings (SSSR count). The summed E-state index contributed by atoms with van der Waals surface area (Å²) < 4.78 is 6.03. The largest absolute Gasteiger partial charge is 0.440 e. The Kier molecular flexibility index (Phi) is 3.85. The van der Waals surface area contributed by atoms with Crippen molar-refractivity contribution in [2.45, 2.75) is 32.1 Å². The summed E-state index contributed by atoms with van der Waals surface area (Å²) in [6.07, 6.45) is 4.93. The van der Waals surface area contributed by atoms with Crippen molar-refractivity contribution >= 4 is 38.5 Å². The van der Waals surface area contributed by atoms with E-state index in [9.17, 15) is 0 Å². The lowest BCUT2D eigenvalue weighted by molar-refractivity contribution is 0.413. The average molecular weight is 364 g/mol. The first-order valence-electron chi connectivity index (χ1n) is 9.15. The van der Waals surface area contributed by atoms with Gasteiger partial charge < -0.3 is 9.32 Å². The zero-order chi connectivity index (χ0) is 17.5. The second-order valence-electron chi connectivity index (χ2n) is 6.79. The van der Waals surface area contributed by atoms with E-state index in [-0.39, 0.29) is 0 Å². The Morgan fingerprint density at radius 2 is 2.19 bits per heavy atom. The molecule has 6 heteroatoms. The summed E-state index contributed by atoms with van der Waals surface area (Å²) in [4.78, 5) is 18.6. The Bertz CT molecular complexity index is 1040. The van der Waals surface area contributed by atoms with Crippen molar-refractivity contribution in [2.75, 3.05) is 18.0 Å². The van der Waals surface area contributed by atoms with Gasteiger partial charge in [-0.15, -0.1) is 11.3 Å². The SMILES string of the molecule is CCc1cc2c(N3CCCC(c4nc5ccccc5o4)C3)ncnc2s1. The molecule has 3 aromatic heterocycles. The van der Waals surface area contributed by atoms with Gasteiger partial charge in [0.25, 0.3) is 0 Å². The van der Waals surface area contributed by atoms with Gasteiger partial charge in [-0.25, -0.2) is 15.0 Å². The lowest BCUT2D eigenvalue weighted by atomic mass is 9.98. The van der Waals surface area contributed by atoms with Crippen molar-refractivity contribution in [3.63, 3.8) is 0 Å². The van der Waals surface area contributed by atoms with E-state index in [0.717, 1.165) is 60.0 Å². The highest BCUT2D eigenvalue weighted by molar-refractivity contribution is 7.18. The molecule has 5 nitrogen and oxygen atoms in total. The lowest BCUT2D eigenvalue weighted by Gasteiger charge is -2.32. The smallest absolute Gasteiger partial charge is 0.200 e. The molecular formula is C20H20N4OS. The summed E-state index contributed by atoms with van der Waals surface area (Å²) in [5, 5.41) is 1.17. The fourth-order valence-electron chi connectivity index (χ4n) is 3.75. The van der Waals surface area contributed by atoms with Crippen molar-refractivity contribution < 1.29 is 4.42 Å². The molecule has 1 aliphatic heterocycles. The maximum Gasteiger partial charge on any atom is 0.200 e. The zero-order valence-corrected chi connectivity index (χ0v) is 15.5. The topological polar surface area (TPSA) is 55.1 Å². The molecule has 0 bridgehead atoms. The maximum absolute atomic E-state index is 6.03. The highest BCUT2D eigenvalue weighted by atomic mass is 32.1. The van der Waals surface area contributed by atoms with E-state index >= 15 is 0 Å². The Balaban J connectivity index is 1.48. The quantitative estimate of drug-likeness (QED) is 0.524. The van der Waals surface area contributed by atoms with Crippen LogP contribution in [0.25, 0.3) is 21.3 Å². The molecule has 1 aromatic carbocycles. The normalized spacial score (nSPS) is 18.0. The summed E-state index contributed by atoms with van der Waals surface area (Å²) in [5.41, 5.74) is 1.81. The third-order valence-electron chi connectivity index (χ3n) is 5.09. The van der Waals surface area contributed by atoms with Gasteiger partial charge in [-0.05, 0) is 37.5 Å². The molecule has 4 aromatic rings. The predicted molar refractivity (Wildman–Crippen MR) is 105 cm³/mol. The van der Waals surface area contributed by atoms with Crippen LogP contribution in [0.3, 0.4) is 0 Å². The number of hydrogen-bond acceptors (Lipinski definition) is 6. The molecule has 0 amide bonds. The van der Waals surface area contributed by atoms with E-state index in [1.807, 2.05) is 24.3 Å². The second-order valence-corrected chi connectivity index (χ2v) is 7.90. The first-order valence-corrected chi connectivity index (χ1v) is 9.97. The average Bonchev–Trinajstić information content (AvgIpc) is 3.31. The van der Waals surface area contributed by atoms with Gasteiger partial charge >= 0.3 is 0 Å². The van der Waals surface area contributed by atoms with Crippen LogP contribution in [0, 0.1) is 0 Å². The minimum atomic E-state index is 0.297. The van der Waals surface area contributed by atoms with Crippen molar-refractivity contribution in [3.05, 3.63) is 47.4 Å². The lowest BCUT2D eigenvalue weighted by Crippen LogP contribution is -2.35. The van der Waals surface area contributed by atoms with Gasteiger partial charge in [0.05, 0.1) is 11.3 Å². The van der Waals surface area contributed by atoms with Crippen molar-refractivity contribution in [1.29, 1.82) is 0 Å². The number of rotatable bonds is 3. The highest BCUT2D eigenvalue weighted by Crippen LogP contribution is 2.35. The van der Waals surface area contributed by atoms with Gasteiger partial charge in [0, 0.05) is 18.0 Å². The van der Waals surface area contributed by atoms with Gasteiger partial charge in [0.1, 0.15) is 22.5 Å². The van der Waals surface area contributed by atoms with Gasteiger partial charge in [0.2, 0.25) is 0 Å². The number of nitrogens with zero attached hydrogens (tertiary/aromatic N) is 4. The summed E-state index contributed by atoms with van der Waals surface area (Å²) in [5.74, 6) is 2.19. The number of aryl methyl sites for hydroxylation is 1. The molecule has 132 valence electrons. The van der Waals surface area contributed by atoms with E-state index in [4.69, 9.17) is 9.40 Å². The fourth-order valence-corrected chi connectivity index (χ4v) is 4.68. The van der Waals surface area contributed by atoms with Crippen LogP contribution in [0.5, 0.6) is 0 Å². The van der Waals surface area contributed by atoms with Crippen LogP contribution in [0.15, 0.2) is 41.1 Å². The number of anilines is 1. The minimum absolute atomic E-state index is 0.297. The Morgan fingerprint density at radius 3 is 3.08 bits per heavy atom. The Morgan fingerprint density at radius 1 is 1.27 bits per heavy atom. The molecular weight excluding hydrogens is 344 g/mol. The number of thiophene rings is 1. The van der Waals surface area contributed by atoms with E-state index in [1.54, 1.807) is 17.7 Å². The zero-order valence-electron chi connectivity index (χ0n) is 14.7. The molecule has 0 N–H and O–H groups in total. The standard InChI is InChI=1S/C20H20N4OS/c1-2-14-10-15-18(21-12-22-20(15)26-14)24-9-5-6-13(11-24)19-23-16-7-3-4-8-17(16)25-19/h3-4,7-8,10,12-13H,2,5-6,9,11H2,1H3. The summed E-state index contributed by atoms with van der Waals surface area (Å²) in [6.45, 7) is 4.08. The predicted octanol–water partition coefficient (Wildman–Crippen LogP) is 4.78. The molecule has 26 heavy (non-hydrogen) atoms. The summed E-state index contributed by atoms with van der Waals surface area (Å²) in [6, 6.07) is 10.2. The molecule has 1 fully saturated rings. The Hall–Kier alpha value is -2.47. The van der Waals surface area contributed by atoms with E-state index in [0.29, 0.717) is 5.92 Å². The number of para-hydroxylation sites is 2. The molecule has 0 saturated carbocycles. The maximum atomic E-state index is 6.03. The van der Waals surface area contributed by atoms with Gasteiger partial charge in [-0.2, -0.15) is 0 Å². The van der Waals surface area contributed by atoms with Gasteiger partial charge in [0.15, 0.2) is 11.5 Å². The highest BCUT2D eigenvalue weighted by Gasteiger charge is 2.27. The molecule has 1 aliphatic rings. The number of aromatic nitrogens is 3. The molecule has 1 unspecified atom stereocenters. The Labute approximate surface area is 155 Å². The van der Waals surface area contributed by atoms with Crippen LogP contribution in [-0.4, -0.2) is 28.0 Å². The van der Waals surface area contributed by atoms with E-state index in [1.165, 1.54) is 10.3 Å². The first-order chi connectivity index (χ1) is 12.8. The van der Waals surface area contributed by atoms with Crippen LogP contribution in [0.4, 0.5) is 5.82 Å². The first kappa shape index (κ1) is 15.8. The van der Waals surface area contributed by atoms with Gasteiger partial charge in [-0.3, -0.25) is 0 Å². The third kappa shape index (κ3) is 2.65. The van der Waals surface area contributed by atoms with E-state index in [2.05, 4.69) is 27.9 Å². The van der Waals surface area contributed by atoms with E-state index < -0.39 is 0 Å². The number of fused-ring (bicyclic) bond motifs is 2. The third-order valence-corrected chi connectivity index (χ3v) is 6.28. The number of oxazole rings is 1. The molecule has 4 heterocycles. The molecule has 0 aliphatic carbocycles. The monoisotopic (exact) mass is 364 g/mol. The molecule has 0 radical (unpaired) electrons. The van der Waals surface area contributed by atoms with Crippen LogP contribution < -0.4 is 4.90 Å². The van der Waals surface area contributed by atoms with Crippen LogP contribution in [-0.2, 0) is 6.42 Å². The molecule has 1 saturated heterocycles. The number of benzene rings is 1. The summed E-state index contributed by atoms with van der Waals surface area (Å²) in [7, 11) is 0. The minimum Gasteiger partial charge on any atom is -0.440 e. The molecule has 1 atom stereocenters. The van der Waals surface area contributed by atoms with Crippen LogP contribution >= 0.6 is 11.3 Å². The number of piperidine rings is 1. The van der Waals surface area contributed by atoms with Crippen molar-refractivity contribution in [1.82, 2.24) is 15.0 Å². The fraction of sp³-hybridized carbons (Fsp3) is 0.350. The van der Waals surface area contributed by atoms with Crippen LogP contribution in [0.2, 0.25) is 0 Å². The van der Waals surface area contributed by atoms with Crippen molar-refractivity contribution in [3.8, 4) is 0 Å². The van der Waals surface area contributed by atoms with Gasteiger partial charge in [-0.1, -0.05) is 19.1 Å². The molecule has 0 spiro atoms.